The molecule has 0 amide bonds. The summed E-state index contributed by atoms with van der Waals surface area (Å²) in [5.41, 5.74) is 1.08. The molecule has 4 nitrogen and oxygen atoms in total. The average Bonchev–Trinajstić information content (AvgIpc) is 3.09. The summed E-state index contributed by atoms with van der Waals surface area (Å²) in [6.07, 6.45) is 6.50. The predicted octanol–water partition coefficient (Wildman–Crippen LogP) is 3.30. The van der Waals surface area contributed by atoms with Crippen LogP contribution in [0.4, 0.5) is 0 Å². The monoisotopic (exact) mass is 297 g/mol. The van der Waals surface area contributed by atoms with Crippen LogP contribution >= 0.6 is 11.3 Å². The van der Waals surface area contributed by atoms with Crippen LogP contribution in [0.3, 0.4) is 0 Å². The molecular weight excluding hydrogens is 274 g/mol. The minimum atomic E-state index is -0.283. The largest absolute Gasteiger partial charge is 0.372 e. The molecular formula is C15H23NO3S. The SMILES string of the molecule is CCCc1nc(COC2CCC3(CC2)OCCO3)cs1. The Labute approximate surface area is 124 Å². The summed E-state index contributed by atoms with van der Waals surface area (Å²) in [5.74, 6) is -0.283. The van der Waals surface area contributed by atoms with Gasteiger partial charge in [-0.3, -0.25) is 0 Å². The van der Waals surface area contributed by atoms with Crippen LogP contribution in [-0.2, 0) is 27.2 Å². The topological polar surface area (TPSA) is 40.6 Å². The van der Waals surface area contributed by atoms with Crippen molar-refractivity contribution in [3.63, 3.8) is 0 Å². The third-order valence-electron chi connectivity index (χ3n) is 4.04. The molecule has 1 saturated carbocycles. The van der Waals surface area contributed by atoms with Gasteiger partial charge >= 0.3 is 0 Å². The lowest BCUT2D eigenvalue weighted by Gasteiger charge is -2.35. The van der Waals surface area contributed by atoms with Gasteiger partial charge in [0.1, 0.15) is 0 Å². The van der Waals surface area contributed by atoms with Crippen LogP contribution in [0.15, 0.2) is 5.38 Å². The van der Waals surface area contributed by atoms with Gasteiger partial charge in [-0.1, -0.05) is 6.92 Å². The van der Waals surface area contributed by atoms with E-state index in [1.807, 2.05) is 0 Å². The average molecular weight is 297 g/mol. The fraction of sp³-hybridized carbons (Fsp3) is 0.800. The number of thiazole rings is 1. The highest BCUT2D eigenvalue weighted by molar-refractivity contribution is 7.09. The first-order valence-electron chi connectivity index (χ1n) is 7.62. The number of rotatable bonds is 5. The first-order valence-corrected chi connectivity index (χ1v) is 8.50. The quantitative estimate of drug-likeness (QED) is 0.836. The molecule has 1 aromatic heterocycles. The molecule has 112 valence electrons. The lowest BCUT2D eigenvalue weighted by Crippen LogP contribution is -2.37. The van der Waals surface area contributed by atoms with Gasteiger partial charge in [-0.25, -0.2) is 4.98 Å². The van der Waals surface area contributed by atoms with Crippen molar-refractivity contribution >= 4 is 11.3 Å². The Hall–Kier alpha value is -0.490. The van der Waals surface area contributed by atoms with Gasteiger partial charge in [-0.05, 0) is 25.7 Å². The molecule has 0 N–H and O–H groups in total. The van der Waals surface area contributed by atoms with Crippen LogP contribution in [-0.4, -0.2) is 30.1 Å². The van der Waals surface area contributed by atoms with E-state index in [1.54, 1.807) is 11.3 Å². The van der Waals surface area contributed by atoms with Gasteiger partial charge in [0.25, 0.3) is 0 Å². The summed E-state index contributed by atoms with van der Waals surface area (Å²) in [4.78, 5) is 4.60. The van der Waals surface area contributed by atoms with Crippen LogP contribution in [0.5, 0.6) is 0 Å². The number of aryl methyl sites for hydroxylation is 1. The maximum absolute atomic E-state index is 6.00. The second-order valence-electron chi connectivity index (χ2n) is 5.60. The van der Waals surface area contributed by atoms with Gasteiger partial charge in [0.2, 0.25) is 0 Å². The Morgan fingerprint density at radius 2 is 2.10 bits per heavy atom. The van der Waals surface area contributed by atoms with E-state index in [0.717, 1.165) is 57.4 Å². The zero-order valence-corrected chi connectivity index (χ0v) is 12.9. The van der Waals surface area contributed by atoms with E-state index in [1.165, 1.54) is 5.01 Å². The van der Waals surface area contributed by atoms with Crippen molar-refractivity contribution in [2.24, 2.45) is 0 Å². The second-order valence-corrected chi connectivity index (χ2v) is 6.54. The number of aromatic nitrogens is 1. The van der Waals surface area contributed by atoms with Crippen LogP contribution in [0, 0.1) is 0 Å². The highest BCUT2D eigenvalue weighted by atomic mass is 32.1. The van der Waals surface area contributed by atoms with Gasteiger partial charge < -0.3 is 14.2 Å². The van der Waals surface area contributed by atoms with Gasteiger partial charge in [0.05, 0.1) is 36.6 Å². The third-order valence-corrected chi connectivity index (χ3v) is 5.00. The molecule has 1 aliphatic heterocycles. The standard InChI is InChI=1S/C15H23NO3S/c1-2-3-14-16-12(11-20-14)10-17-13-4-6-15(7-5-13)18-8-9-19-15/h11,13H,2-10H2,1H3. The minimum Gasteiger partial charge on any atom is -0.372 e. The predicted molar refractivity (Wildman–Crippen MR) is 77.8 cm³/mol. The van der Waals surface area contributed by atoms with Crippen molar-refractivity contribution in [1.29, 1.82) is 0 Å². The number of hydrogen-bond acceptors (Lipinski definition) is 5. The maximum atomic E-state index is 6.00. The molecule has 0 atom stereocenters. The van der Waals surface area contributed by atoms with Crippen LogP contribution in [0.2, 0.25) is 0 Å². The third kappa shape index (κ3) is 3.39. The van der Waals surface area contributed by atoms with E-state index in [-0.39, 0.29) is 5.79 Å². The molecule has 1 aromatic rings. The van der Waals surface area contributed by atoms with E-state index in [2.05, 4.69) is 17.3 Å². The fourth-order valence-electron chi connectivity index (χ4n) is 2.93. The number of ether oxygens (including phenoxy) is 3. The van der Waals surface area contributed by atoms with E-state index >= 15 is 0 Å². The van der Waals surface area contributed by atoms with Crippen molar-refractivity contribution in [3.8, 4) is 0 Å². The lowest BCUT2D eigenvalue weighted by molar-refractivity contribution is -0.192. The minimum absolute atomic E-state index is 0.283. The molecule has 1 spiro atoms. The van der Waals surface area contributed by atoms with E-state index in [9.17, 15) is 0 Å². The summed E-state index contributed by atoms with van der Waals surface area (Å²) in [5, 5.41) is 3.35. The molecule has 5 heteroatoms. The molecule has 2 aliphatic rings. The molecule has 20 heavy (non-hydrogen) atoms. The van der Waals surface area contributed by atoms with Gasteiger partial charge in [0, 0.05) is 18.2 Å². The molecule has 0 aromatic carbocycles. The summed E-state index contributed by atoms with van der Waals surface area (Å²) < 4.78 is 17.5. The van der Waals surface area contributed by atoms with Gasteiger partial charge in [-0.15, -0.1) is 11.3 Å². The molecule has 2 heterocycles. The molecule has 2 fully saturated rings. The molecule has 1 aliphatic carbocycles. The molecule has 0 bridgehead atoms. The van der Waals surface area contributed by atoms with Crippen molar-refractivity contribution < 1.29 is 14.2 Å². The number of hydrogen-bond donors (Lipinski definition) is 0. The first-order chi connectivity index (χ1) is 9.80. The maximum Gasteiger partial charge on any atom is 0.168 e. The highest BCUT2D eigenvalue weighted by Crippen LogP contribution is 2.36. The second kappa shape index (κ2) is 6.52. The zero-order chi connectivity index (χ0) is 13.8. The van der Waals surface area contributed by atoms with E-state index < -0.39 is 0 Å². The lowest BCUT2D eigenvalue weighted by atomic mass is 9.92. The van der Waals surface area contributed by atoms with E-state index in [4.69, 9.17) is 14.2 Å². The van der Waals surface area contributed by atoms with Crippen LogP contribution < -0.4 is 0 Å². The van der Waals surface area contributed by atoms with Crippen molar-refractivity contribution in [3.05, 3.63) is 16.1 Å². The van der Waals surface area contributed by atoms with Gasteiger partial charge in [0.15, 0.2) is 5.79 Å². The highest BCUT2D eigenvalue weighted by Gasteiger charge is 2.40. The number of nitrogens with zero attached hydrogens (tertiary/aromatic N) is 1. The molecule has 1 saturated heterocycles. The van der Waals surface area contributed by atoms with E-state index in [0.29, 0.717) is 12.7 Å². The zero-order valence-electron chi connectivity index (χ0n) is 12.1. The first kappa shape index (κ1) is 14.4. The van der Waals surface area contributed by atoms with Crippen molar-refractivity contribution in [2.75, 3.05) is 13.2 Å². The Balaban J connectivity index is 1.43. The molecule has 0 unspecified atom stereocenters. The Morgan fingerprint density at radius 3 is 2.80 bits per heavy atom. The molecule has 3 rings (SSSR count). The van der Waals surface area contributed by atoms with Crippen LogP contribution in [0.25, 0.3) is 0 Å². The van der Waals surface area contributed by atoms with Crippen LogP contribution in [0.1, 0.15) is 49.7 Å². The summed E-state index contributed by atoms with van der Waals surface area (Å²) in [7, 11) is 0. The summed E-state index contributed by atoms with van der Waals surface area (Å²) in [6.45, 7) is 4.30. The fourth-order valence-corrected chi connectivity index (χ4v) is 3.82. The normalized spacial score (nSPS) is 22.6. The Bertz CT molecular complexity index is 419. The smallest absolute Gasteiger partial charge is 0.168 e. The Morgan fingerprint density at radius 1 is 1.35 bits per heavy atom. The summed E-state index contributed by atoms with van der Waals surface area (Å²) >= 11 is 1.74. The van der Waals surface area contributed by atoms with Crippen molar-refractivity contribution in [1.82, 2.24) is 4.98 Å². The van der Waals surface area contributed by atoms with Crippen molar-refractivity contribution in [2.45, 2.75) is 63.9 Å². The summed E-state index contributed by atoms with van der Waals surface area (Å²) in [6, 6.07) is 0. The molecule has 0 radical (unpaired) electrons. The Kier molecular flexibility index (Phi) is 4.71. The van der Waals surface area contributed by atoms with Gasteiger partial charge in [-0.2, -0.15) is 0 Å².